The lowest BCUT2D eigenvalue weighted by Gasteiger charge is -2.46. The lowest BCUT2D eigenvalue weighted by atomic mass is 9.67. The van der Waals surface area contributed by atoms with E-state index in [1.807, 2.05) is 24.3 Å². The number of fused-ring (bicyclic) bond motifs is 2. The number of aliphatic carboxylic acids is 1. The lowest BCUT2D eigenvalue weighted by Crippen LogP contribution is -2.42. The average molecular weight is 424 g/mol. The van der Waals surface area contributed by atoms with Gasteiger partial charge in [0.25, 0.3) is 0 Å². The molecule has 3 heteroatoms. The van der Waals surface area contributed by atoms with Crippen LogP contribution in [0.2, 0.25) is 0 Å². The number of carboxylic acids is 1. The van der Waals surface area contributed by atoms with Gasteiger partial charge in [-0.3, -0.25) is 4.90 Å². The summed E-state index contributed by atoms with van der Waals surface area (Å²) >= 11 is 0. The minimum absolute atomic E-state index is 0.202. The van der Waals surface area contributed by atoms with Crippen molar-refractivity contribution in [1.82, 2.24) is 4.90 Å². The summed E-state index contributed by atoms with van der Waals surface area (Å²) in [5.74, 6) is 6.54. The van der Waals surface area contributed by atoms with E-state index in [-0.39, 0.29) is 5.41 Å². The van der Waals surface area contributed by atoms with Crippen molar-refractivity contribution < 1.29 is 9.90 Å². The summed E-state index contributed by atoms with van der Waals surface area (Å²) in [5, 5.41) is 8.78. The van der Waals surface area contributed by atoms with Crippen molar-refractivity contribution >= 4 is 12.0 Å². The summed E-state index contributed by atoms with van der Waals surface area (Å²) in [6.07, 6.45) is 9.40. The van der Waals surface area contributed by atoms with E-state index in [4.69, 9.17) is 5.11 Å². The van der Waals surface area contributed by atoms with Gasteiger partial charge in [0.1, 0.15) is 0 Å². The summed E-state index contributed by atoms with van der Waals surface area (Å²) < 4.78 is 0. The lowest BCUT2D eigenvalue weighted by molar-refractivity contribution is -0.131. The molecule has 1 N–H and O–H groups in total. The SMILES string of the molecule is CC1(C)CCC2c3c(cc(C#Cc4ccc(/C=C/C(=O)O)cc4)cc31)C1CC1N2C1CC1. The maximum atomic E-state index is 10.7. The van der Waals surface area contributed by atoms with Gasteiger partial charge >= 0.3 is 5.97 Å². The summed E-state index contributed by atoms with van der Waals surface area (Å²) in [7, 11) is 0. The van der Waals surface area contributed by atoms with E-state index in [1.165, 1.54) is 37.7 Å². The number of hydrogen-bond acceptors (Lipinski definition) is 2. The first-order chi connectivity index (χ1) is 15.4. The molecule has 0 saturated heterocycles. The average Bonchev–Trinajstić information content (AvgIpc) is 3.68. The van der Waals surface area contributed by atoms with Crippen molar-refractivity contribution in [3.8, 4) is 11.8 Å². The maximum Gasteiger partial charge on any atom is 0.328 e. The van der Waals surface area contributed by atoms with Crippen LogP contribution in [0, 0.1) is 11.8 Å². The molecule has 162 valence electrons. The van der Waals surface area contributed by atoms with Gasteiger partial charge in [0.05, 0.1) is 0 Å². The van der Waals surface area contributed by atoms with E-state index in [9.17, 15) is 4.79 Å². The summed E-state index contributed by atoms with van der Waals surface area (Å²) in [5.41, 5.74) is 7.91. The number of rotatable bonds is 3. The van der Waals surface area contributed by atoms with Gasteiger partial charge in [0, 0.05) is 41.2 Å². The van der Waals surface area contributed by atoms with Crippen LogP contribution < -0.4 is 0 Å². The maximum absolute atomic E-state index is 10.7. The third-order valence-corrected chi connectivity index (χ3v) is 7.86. The van der Waals surface area contributed by atoms with Crippen molar-refractivity contribution in [2.75, 3.05) is 0 Å². The van der Waals surface area contributed by atoms with E-state index in [1.54, 1.807) is 17.2 Å². The highest BCUT2D eigenvalue weighted by Gasteiger charge is 2.56. The highest BCUT2D eigenvalue weighted by Crippen LogP contribution is 2.61. The Hall–Kier alpha value is -2.83. The highest BCUT2D eigenvalue weighted by atomic mass is 16.4. The fourth-order valence-corrected chi connectivity index (χ4v) is 6.03. The summed E-state index contributed by atoms with van der Waals surface area (Å²) in [6.45, 7) is 4.81. The molecule has 0 aromatic heterocycles. The molecule has 1 aliphatic heterocycles. The second-order valence-corrected chi connectivity index (χ2v) is 10.6. The standard InChI is InChI=1S/C29H29NO2/c1-29(2)14-13-25-28-23(22-17-26(22)30(25)21-10-11-21)15-20(16-24(28)29)8-7-18-3-5-19(6-4-18)9-12-27(31)32/h3-6,9,12,15-16,21-22,25-26H,10-11,13-14,17H2,1-2H3,(H,31,32)/b12-9+. The normalized spacial score (nSPS) is 27.2. The fraction of sp³-hybridized carbons (Fsp3) is 0.414. The van der Waals surface area contributed by atoms with Crippen LogP contribution in [0.1, 0.15) is 91.3 Å². The molecular weight excluding hydrogens is 394 g/mol. The van der Waals surface area contributed by atoms with Crippen LogP contribution in [-0.4, -0.2) is 28.1 Å². The van der Waals surface area contributed by atoms with Gasteiger partial charge in [-0.15, -0.1) is 0 Å². The van der Waals surface area contributed by atoms with Gasteiger partial charge < -0.3 is 5.11 Å². The van der Waals surface area contributed by atoms with Crippen molar-refractivity contribution in [2.24, 2.45) is 0 Å². The third kappa shape index (κ3) is 3.38. The molecule has 6 rings (SSSR count). The van der Waals surface area contributed by atoms with Crippen LogP contribution >= 0.6 is 0 Å². The topological polar surface area (TPSA) is 40.5 Å². The summed E-state index contributed by atoms with van der Waals surface area (Å²) in [4.78, 5) is 13.6. The fourth-order valence-electron chi connectivity index (χ4n) is 6.03. The number of carbonyl (C=O) groups is 1. The zero-order valence-corrected chi connectivity index (χ0v) is 18.8. The number of hydrogen-bond donors (Lipinski definition) is 1. The Morgan fingerprint density at radius 3 is 2.56 bits per heavy atom. The van der Waals surface area contributed by atoms with Gasteiger partial charge in [-0.2, -0.15) is 0 Å². The Kier molecular flexibility index (Phi) is 4.39. The van der Waals surface area contributed by atoms with E-state index >= 15 is 0 Å². The molecule has 1 heterocycles. The Balaban J connectivity index is 1.35. The predicted molar refractivity (Wildman–Crippen MR) is 127 cm³/mol. The molecule has 3 nitrogen and oxygen atoms in total. The second-order valence-electron chi connectivity index (χ2n) is 10.6. The monoisotopic (exact) mass is 423 g/mol. The molecule has 0 radical (unpaired) electrons. The molecule has 2 fully saturated rings. The van der Waals surface area contributed by atoms with Crippen LogP contribution in [0.5, 0.6) is 0 Å². The van der Waals surface area contributed by atoms with E-state index in [2.05, 4.69) is 42.7 Å². The first-order valence-corrected chi connectivity index (χ1v) is 11.9. The Bertz CT molecular complexity index is 1190. The molecule has 0 bridgehead atoms. The van der Waals surface area contributed by atoms with Crippen molar-refractivity contribution in [3.63, 3.8) is 0 Å². The van der Waals surface area contributed by atoms with Gasteiger partial charge in [0.2, 0.25) is 0 Å². The van der Waals surface area contributed by atoms with Crippen molar-refractivity contribution in [2.45, 2.75) is 75.4 Å². The molecule has 0 spiro atoms. The second kappa shape index (κ2) is 7.09. The number of benzene rings is 2. The van der Waals surface area contributed by atoms with Crippen LogP contribution in [0.4, 0.5) is 0 Å². The Morgan fingerprint density at radius 1 is 1.09 bits per heavy atom. The van der Waals surface area contributed by atoms with E-state index in [0.717, 1.165) is 34.9 Å². The van der Waals surface area contributed by atoms with Gasteiger partial charge in [-0.05, 0) is 90.1 Å². The van der Waals surface area contributed by atoms with Crippen molar-refractivity contribution in [3.05, 3.63) is 75.9 Å². The number of nitrogens with zero attached hydrogens (tertiary/aromatic N) is 1. The zero-order chi connectivity index (χ0) is 22.0. The molecule has 0 amide bonds. The van der Waals surface area contributed by atoms with Crippen LogP contribution in [0.25, 0.3) is 6.08 Å². The molecule has 4 aliphatic rings. The first kappa shape index (κ1) is 19.8. The zero-order valence-electron chi connectivity index (χ0n) is 18.8. The predicted octanol–water partition coefficient (Wildman–Crippen LogP) is 5.63. The highest BCUT2D eigenvalue weighted by molar-refractivity contribution is 5.85. The molecule has 2 aromatic rings. The van der Waals surface area contributed by atoms with Gasteiger partial charge in [-0.1, -0.05) is 37.8 Å². The van der Waals surface area contributed by atoms with E-state index < -0.39 is 5.97 Å². The van der Waals surface area contributed by atoms with Crippen LogP contribution in [0.3, 0.4) is 0 Å². The molecule has 3 unspecified atom stereocenters. The van der Waals surface area contributed by atoms with E-state index in [0.29, 0.717) is 12.0 Å². The Morgan fingerprint density at radius 2 is 1.84 bits per heavy atom. The van der Waals surface area contributed by atoms with Gasteiger partial charge in [0.15, 0.2) is 0 Å². The molecular formula is C29H29NO2. The van der Waals surface area contributed by atoms with Crippen LogP contribution in [0.15, 0.2) is 42.5 Å². The summed E-state index contributed by atoms with van der Waals surface area (Å²) in [6, 6.07) is 14.7. The smallest absolute Gasteiger partial charge is 0.328 e. The third-order valence-electron chi connectivity index (χ3n) is 7.86. The molecule has 3 atom stereocenters. The molecule has 32 heavy (non-hydrogen) atoms. The first-order valence-electron chi connectivity index (χ1n) is 11.9. The minimum Gasteiger partial charge on any atom is -0.478 e. The molecule has 2 saturated carbocycles. The largest absolute Gasteiger partial charge is 0.478 e. The molecule has 2 aromatic carbocycles. The molecule has 3 aliphatic carbocycles. The Labute approximate surface area is 190 Å². The number of carboxylic acid groups (broad SMARTS) is 1. The van der Waals surface area contributed by atoms with Gasteiger partial charge in [-0.25, -0.2) is 4.79 Å². The van der Waals surface area contributed by atoms with Crippen LogP contribution in [-0.2, 0) is 10.2 Å². The minimum atomic E-state index is -0.937. The van der Waals surface area contributed by atoms with Crippen molar-refractivity contribution in [1.29, 1.82) is 0 Å². The quantitative estimate of drug-likeness (QED) is 0.514.